The Kier molecular flexibility index (Phi) is 23.1. The third kappa shape index (κ3) is 17.3. The molecule has 492 valence electrons. The van der Waals surface area contributed by atoms with E-state index in [1.165, 1.54) is 23.0 Å². The quantitative estimate of drug-likeness (QED) is 0.0244. The predicted octanol–water partition coefficient (Wildman–Crippen LogP) is 2.31. The molecule has 89 heavy (non-hydrogen) atoms. The minimum absolute atomic E-state index is 0.0131. The van der Waals surface area contributed by atoms with Crippen LogP contribution in [-0.4, -0.2) is 195 Å². The Morgan fingerprint density at radius 3 is 2.11 bits per heavy atom. The van der Waals surface area contributed by atoms with Crippen LogP contribution < -0.4 is 10.6 Å². The zero-order valence-corrected chi connectivity index (χ0v) is 51.2. The Morgan fingerprint density at radius 1 is 0.798 bits per heavy atom. The van der Waals surface area contributed by atoms with Crippen molar-refractivity contribution in [1.29, 1.82) is 0 Å². The lowest BCUT2D eigenvalue weighted by atomic mass is 9.74. The molecule has 11 N–H and O–H groups in total. The summed E-state index contributed by atoms with van der Waals surface area (Å²) in [5.41, 5.74) is -0.0550. The molecular weight excluding hydrogens is 1230 g/mol. The summed E-state index contributed by atoms with van der Waals surface area (Å²) in [6.07, 6.45) is -8.36. The number of anilines is 1. The molecule has 3 aromatic carbocycles. The molecule has 0 radical (unpaired) electrons. The van der Waals surface area contributed by atoms with E-state index in [1.54, 1.807) is 25.1 Å². The standard InChI is InChI=1S/C57H77N5O24S3/c1-3-32-21-35(54(69)58-17-10-15-36-27-62(61-60-36)18-16-46(65)59-40-25-37(87(73,74)75)22-34-23-38(88(76,77)78)26-45(47(34)40)89(79,80)81)24-42(51(32)82-41-19-30(2)48(66)39(28-63)49(41)67)84-57-53(86-56(72)33-13-8-5-9-14-33)52(50(68)44(29-64)85-57)83-43(55(70)71)20-31-11-6-4-7-12-31/h5,8-9,13-14,22-23,25-27,30-32,35,39,41-44,48-53,57,63-64,66-68H,3-4,6-7,10-12,15-21,24,28-29H2,1-2H3,(H,58,69)(H,59,65)(H,70,71)(H,73,74,75)(H,76,77,78)(H,79,80,81)/t30?,32?,35?,39?,41?,42?,43-,44?,48?,49?,50?,51?,52?,53?,57?/m0/s1. The summed E-state index contributed by atoms with van der Waals surface area (Å²) in [7, 11) is -15.5. The number of esters is 1. The monoisotopic (exact) mass is 1310 g/mol. The number of ether oxygens (including phenoxy) is 5. The molecule has 3 aliphatic carbocycles. The fourth-order valence-corrected chi connectivity index (χ4v) is 14.4. The molecule has 1 aromatic heterocycles. The van der Waals surface area contributed by atoms with Crippen LogP contribution in [0.3, 0.4) is 0 Å². The van der Waals surface area contributed by atoms with Crippen LogP contribution in [0.25, 0.3) is 10.8 Å². The maximum Gasteiger partial charge on any atom is 0.338 e. The summed E-state index contributed by atoms with van der Waals surface area (Å²) in [6.45, 7) is 2.21. The Morgan fingerprint density at radius 2 is 1.48 bits per heavy atom. The SMILES string of the molecule is CCC1CC(C(=O)NCCCc2cn(CCC(=O)Nc3cc(S(=O)(=O)O)cc4cc(S(=O)(=O)O)cc(S(=O)(=O)O)c34)nn2)CC(OC2OC(CO)C(O)C(O[C@@H](CC3CCCCC3)C(=O)O)C2OC(=O)c2ccccc2)C1OC1CC(C)C(O)C(CO)C1O. The van der Waals surface area contributed by atoms with Crippen molar-refractivity contribution in [2.75, 3.05) is 25.1 Å². The summed E-state index contributed by atoms with van der Waals surface area (Å²) in [4.78, 5) is 51.5. The molecule has 4 aromatic rings. The summed E-state index contributed by atoms with van der Waals surface area (Å²) in [5, 5.41) is 78.1. The van der Waals surface area contributed by atoms with E-state index in [9.17, 15) is 88.7 Å². The fraction of sp³-hybridized carbons (Fsp3) is 0.614. The van der Waals surface area contributed by atoms with Gasteiger partial charge >= 0.3 is 11.9 Å². The second-order valence-electron chi connectivity index (χ2n) is 23.4. The number of benzene rings is 3. The number of rotatable bonds is 26. The van der Waals surface area contributed by atoms with Crippen LogP contribution in [0.2, 0.25) is 0 Å². The number of aliphatic hydroxyl groups excluding tert-OH is 5. The average Bonchev–Trinajstić information content (AvgIpc) is 1.51. The molecule has 1 saturated heterocycles. The van der Waals surface area contributed by atoms with E-state index in [-0.39, 0.29) is 56.7 Å². The molecule has 29 nitrogen and oxygen atoms in total. The molecule has 8 rings (SSSR count). The van der Waals surface area contributed by atoms with Gasteiger partial charge in [-0.25, -0.2) is 9.59 Å². The number of aromatic nitrogens is 3. The van der Waals surface area contributed by atoms with Gasteiger partial charge in [0.2, 0.25) is 11.8 Å². The molecular formula is C57H77N5O24S3. The number of hydrogen-bond acceptors (Lipinski definition) is 22. The van der Waals surface area contributed by atoms with Crippen molar-refractivity contribution in [2.24, 2.45) is 29.6 Å². The number of hydrogen-bond donors (Lipinski definition) is 11. The number of carbonyl (C=O) groups excluding carboxylic acids is 3. The number of aryl methyl sites for hydroxylation is 2. The van der Waals surface area contributed by atoms with Crippen molar-refractivity contribution >= 4 is 70.6 Å². The van der Waals surface area contributed by atoms with Gasteiger partial charge in [0.15, 0.2) is 18.5 Å². The highest BCUT2D eigenvalue weighted by atomic mass is 32.2. The molecule has 1 aliphatic heterocycles. The number of aliphatic carboxylic acids is 1. The van der Waals surface area contributed by atoms with Crippen LogP contribution in [0.15, 0.2) is 75.5 Å². The minimum Gasteiger partial charge on any atom is -0.479 e. The zero-order chi connectivity index (χ0) is 64.7. The predicted molar refractivity (Wildman–Crippen MR) is 309 cm³/mol. The highest BCUT2D eigenvalue weighted by Gasteiger charge is 2.54. The van der Waals surface area contributed by atoms with Crippen molar-refractivity contribution in [3.05, 3.63) is 72.1 Å². The third-order valence-corrected chi connectivity index (χ3v) is 19.8. The van der Waals surface area contributed by atoms with Gasteiger partial charge in [-0.2, -0.15) is 25.3 Å². The number of amides is 2. The van der Waals surface area contributed by atoms with Crippen LogP contribution in [0, 0.1) is 29.6 Å². The number of aliphatic hydroxyl groups is 5. The second kappa shape index (κ2) is 29.7. The molecule has 3 saturated carbocycles. The van der Waals surface area contributed by atoms with Gasteiger partial charge in [0.1, 0.15) is 23.2 Å². The molecule has 4 aliphatic rings. The highest BCUT2D eigenvalue weighted by molar-refractivity contribution is 7.87. The first-order valence-electron chi connectivity index (χ1n) is 29.5. The van der Waals surface area contributed by atoms with Crippen LogP contribution in [-0.2, 0) is 81.4 Å². The van der Waals surface area contributed by atoms with Gasteiger partial charge in [0, 0.05) is 36.4 Å². The van der Waals surface area contributed by atoms with Crippen molar-refractivity contribution in [2.45, 2.75) is 186 Å². The van der Waals surface area contributed by atoms with E-state index < -0.39 is 196 Å². The average molecular weight is 1310 g/mol. The maximum absolute atomic E-state index is 14.3. The van der Waals surface area contributed by atoms with E-state index >= 15 is 0 Å². The minimum atomic E-state index is -5.30. The molecule has 2 heterocycles. The molecule has 0 spiro atoms. The lowest BCUT2D eigenvalue weighted by Crippen LogP contribution is -2.64. The van der Waals surface area contributed by atoms with E-state index in [2.05, 4.69) is 20.9 Å². The van der Waals surface area contributed by atoms with Crippen molar-refractivity contribution in [3.8, 4) is 0 Å². The number of carboxylic acid groups (broad SMARTS) is 1. The van der Waals surface area contributed by atoms with E-state index in [4.69, 9.17) is 23.7 Å². The zero-order valence-electron chi connectivity index (χ0n) is 48.7. The van der Waals surface area contributed by atoms with Crippen molar-refractivity contribution in [3.63, 3.8) is 0 Å². The Labute approximate surface area is 513 Å². The summed E-state index contributed by atoms with van der Waals surface area (Å²) in [5.74, 6) is -6.16. The molecule has 32 heteroatoms. The van der Waals surface area contributed by atoms with Crippen LogP contribution >= 0.6 is 0 Å². The van der Waals surface area contributed by atoms with Gasteiger partial charge in [0.25, 0.3) is 30.4 Å². The van der Waals surface area contributed by atoms with Gasteiger partial charge in [-0.15, -0.1) is 5.10 Å². The summed E-state index contributed by atoms with van der Waals surface area (Å²) >= 11 is 0. The Hall–Kier alpha value is -5.69. The first kappa shape index (κ1) is 69.2. The number of nitrogens with zero attached hydrogens (tertiary/aromatic N) is 3. The number of fused-ring (bicyclic) bond motifs is 1. The Bertz CT molecular complexity index is 3480. The second-order valence-corrected chi connectivity index (χ2v) is 27.6. The topological polar surface area (TPSA) is 454 Å². The molecule has 0 bridgehead atoms. The number of nitrogens with one attached hydrogen (secondary N) is 2. The first-order chi connectivity index (χ1) is 42.1. The first-order valence-corrected chi connectivity index (χ1v) is 33.8. The molecule has 14 unspecified atom stereocenters. The normalized spacial score (nSPS) is 28.4. The van der Waals surface area contributed by atoms with Crippen LogP contribution in [0.5, 0.6) is 0 Å². The van der Waals surface area contributed by atoms with Gasteiger partial charge in [-0.1, -0.05) is 75.8 Å². The van der Waals surface area contributed by atoms with Crippen LogP contribution in [0.4, 0.5) is 5.69 Å². The largest absolute Gasteiger partial charge is 0.479 e. The van der Waals surface area contributed by atoms with E-state index in [0.29, 0.717) is 42.8 Å². The van der Waals surface area contributed by atoms with E-state index in [1.807, 2.05) is 6.92 Å². The summed E-state index contributed by atoms with van der Waals surface area (Å²) < 4.78 is 136. The summed E-state index contributed by atoms with van der Waals surface area (Å²) in [6, 6.07) is 10.2. The molecule has 4 fully saturated rings. The van der Waals surface area contributed by atoms with Crippen molar-refractivity contribution in [1.82, 2.24) is 20.3 Å². The van der Waals surface area contributed by atoms with Crippen molar-refractivity contribution < 1.29 is 112 Å². The van der Waals surface area contributed by atoms with Gasteiger partial charge in [-0.3, -0.25) is 27.9 Å². The van der Waals surface area contributed by atoms with Crippen LogP contribution in [0.1, 0.15) is 107 Å². The number of carbonyl (C=O) groups is 4. The lowest BCUT2D eigenvalue weighted by Gasteiger charge is -2.49. The number of carboxylic acids is 1. The molecule has 15 atom stereocenters. The third-order valence-electron chi connectivity index (χ3n) is 17.2. The fourth-order valence-electron chi connectivity index (χ4n) is 12.5. The van der Waals surface area contributed by atoms with Gasteiger partial charge < -0.3 is 65.0 Å². The molecule has 2 amide bonds. The highest BCUT2D eigenvalue weighted by Crippen LogP contribution is 2.42. The van der Waals surface area contributed by atoms with Gasteiger partial charge in [-0.05, 0) is 98.1 Å². The van der Waals surface area contributed by atoms with Gasteiger partial charge in [0.05, 0.1) is 77.0 Å². The maximum atomic E-state index is 14.3. The Balaban J connectivity index is 0.977. The lowest BCUT2D eigenvalue weighted by molar-refractivity contribution is -0.333. The smallest absolute Gasteiger partial charge is 0.338 e. The van der Waals surface area contributed by atoms with E-state index in [0.717, 1.165) is 32.1 Å².